The van der Waals surface area contributed by atoms with Crippen molar-refractivity contribution in [2.24, 2.45) is 0 Å². The van der Waals surface area contributed by atoms with Gasteiger partial charge in [0.15, 0.2) is 0 Å². The Morgan fingerprint density at radius 2 is 1.79 bits per heavy atom. The fourth-order valence-corrected chi connectivity index (χ4v) is 1.05. The van der Waals surface area contributed by atoms with Gasteiger partial charge in [-0.1, -0.05) is 6.07 Å². The Labute approximate surface area is 80.4 Å². The zero-order valence-corrected chi connectivity index (χ0v) is 8.18. The Morgan fingerprint density at radius 3 is 2.21 bits per heavy atom. The van der Waals surface area contributed by atoms with Gasteiger partial charge in [0.2, 0.25) is 0 Å². The van der Waals surface area contributed by atoms with E-state index in [1.807, 2.05) is 0 Å². The van der Waals surface area contributed by atoms with Crippen LogP contribution in [0.4, 0.5) is 19.0 Å². The molecule has 0 aromatic carbocycles. The molecule has 0 amide bonds. The summed E-state index contributed by atoms with van der Waals surface area (Å²) in [5.74, 6) is 0.308. The summed E-state index contributed by atoms with van der Waals surface area (Å²) in [6, 6.07) is 2.98. The molecule has 1 heterocycles. The number of rotatable bonds is 1. The molecule has 0 bridgehead atoms. The van der Waals surface area contributed by atoms with Gasteiger partial charge in [0.25, 0.3) is 0 Å². The molecule has 2 nitrogen and oxygen atoms in total. The zero-order chi connectivity index (χ0) is 10.9. The van der Waals surface area contributed by atoms with Crippen molar-refractivity contribution in [1.29, 1.82) is 0 Å². The van der Waals surface area contributed by atoms with Gasteiger partial charge in [0.1, 0.15) is 11.5 Å². The molecule has 0 spiro atoms. The minimum absolute atomic E-state index is 0.142. The van der Waals surface area contributed by atoms with E-state index in [1.165, 1.54) is 17.9 Å². The third kappa shape index (κ3) is 2.16. The second-order valence-electron chi connectivity index (χ2n) is 3.23. The molecule has 0 aliphatic heterocycles. The zero-order valence-electron chi connectivity index (χ0n) is 8.18. The maximum absolute atomic E-state index is 12.4. The monoisotopic (exact) mass is 204 g/mol. The van der Waals surface area contributed by atoms with E-state index in [0.29, 0.717) is 5.82 Å². The molecule has 0 aliphatic rings. The van der Waals surface area contributed by atoms with Gasteiger partial charge in [-0.05, 0) is 18.6 Å². The molecule has 0 atom stereocenters. The van der Waals surface area contributed by atoms with E-state index in [4.69, 9.17) is 0 Å². The number of anilines is 1. The Morgan fingerprint density at radius 1 is 1.21 bits per heavy atom. The van der Waals surface area contributed by atoms with E-state index < -0.39 is 11.9 Å². The van der Waals surface area contributed by atoms with Crippen LogP contribution >= 0.6 is 0 Å². The molecule has 14 heavy (non-hydrogen) atoms. The average Bonchev–Trinajstić information content (AvgIpc) is 2.02. The molecule has 78 valence electrons. The fourth-order valence-electron chi connectivity index (χ4n) is 1.05. The molecule has 0 radical (unpaired) electrons. The summed E-state index contributed by atoms with van der Waals surface area (Å²) in [5, 5.41) is 0. The summed E-state index contributed by atoms with van der Waals surface area (Å²) < 4.78 is 37.2. The number of halogens is 3. The lowest BCUT2D eigenvalue weighted by atomic mass is 10.2. The quantitative estimate of drug-likeness (QED) is 0.698. The highest BCUT2D eigenvalue weighted by molar-refractivity contribution is 5.40. The van der Waals surface area contributed by atoms with Crippen LogP contribution in [0, 0.1) is 6.92 Å². The molecule has 1 aromatic heterocycles. The predicted octanol–water partition coefficient (Wildman–Crippen LogP) is 2.47. The third-order valence-electron chi connectivity index (χ3n) is 1.81. The SMILES string of the molecule is Cc1ccc(N(C)C)nc1C(F)(F)F. The maximum Gasteiger partial charge on any atom is 0.433 e. The van der Waals surface area contributed by atoms with E-state index in [0.717, 1.165) is 0 Å². The summed E-state index contributed by atoms with van der Waals surface area (Å²) in [4.78, 5) is 5.08. The van der Waals surface area contributed by atoms with Gasteiger partial charge in [-0.25, -0.2) is 4.98 Å². The molecule has 0 unspecified atom stereocenters. The summed E-state index contributed by atoms with van der Waals surface area (Å²) in [6.07, 6.45) is -4.38. The standard InChI is InChI=1S/C9H11F3N2/c1-6-4-5-7(14(2)3)13-8(6)9(10,11)12/h4-5H,1-3H3. The first kappa shape index (κ1) is 10.8. The van der Waals surface area contributed by atoms with E-state index in [-0.39, 0.29) is 5.56 Å². The predicted molar refractivity (Wildman–Crippen MR) is 48.3 cm³/mol. The van der Waals surface area contributed by atoms with Crippen LogP contribution in [0.2, 0.25) is 0 Å². The van der Waals surface area contributed by atoms with Crippen LogP contribution in [0.5, 0.6) is 0 Å². The number of hydrogen-bond donors (Lipinski definition) is 0. The Hall–Kier alpha value is -1.26. The maximum atomic E-state index is 12.4. The first-order valence-electron chi connectivity index (χ1n) is 4.04. The van der Waals surface area contributed by atoms with Gasteiger partial charge in [0, 0.05) is 14.1 Å². The molecule has 1 rings (SSSR count). The third-order valence-corrected chi connectivity index (χ3v) is 1.81. The van der Waals surface area contributed by atoms with Crippen molar-refractivity contribution in [3.8, 4) is 0 Å². The highest BCUT2D eigenvalue weighted by Crippen LogP contribution is 2.31. The highest BCUT2D eigenvalue weighted by atomic mass is 19.4. The summed E-state index contributed by atoms with van der Waals surface area (Å²) in [6.45, 7) is 1.40. The number of aryl methyl sites for hydroxylation is 1. The van der Waals surface area contributed by atoms with Crippen molar-refractivity contribution in [2.45, 2.75) is 13.1 Å². The molecular weight excluding hydrogens is 193 g/mol. The van der Waals surface area contributed by atoms with E-state index in [1.54, 1.807) is 20.2 Å². The Bertz CT molecular complexity index is 331. The Balaban J connectivity index is 3.22. The number of alkyl halides is 3. The first-order valence-corrected chi connectivity index (χ1v) is 4.04. The van der Waals surface area contributed by atoms with Crippen LogP contribution in [0.3, 0.4) is 0 Å². The fraction of sp³-hybridized carbons (Fsp3) is 0.444. The summed E-state index contributed by atoms with van der Waals surface area (Å²) in [5.41, 5.74) is -0.674. The largest absolute Gasteiger partial charge is 0.433 e. The van der Waals surface area contributed by atoms with Crippen LogP contribution in [0.1, 0.15) is 11.3 Å². The second kappa shape index (κ2) is 3.48. The van der Waals surface area contributed by atoms with Crippen LogP contribution in [-0.4, -0.2) is 19.1 Å². The lowest BCUT2D eigenvalue weighted by Crippen LogP contribution is -2.16. The number of aromatic nitrogens is 1. The van der Waals surface area contributed by atoms with E-state index >= 15 is 0 Å². The molecule has 0 saturated carbocycles. The lowest BCUT2D eigenvalue weighted by Gasteiger charge is -2.15. The van der Waals surface area contributed by atoms with Gasteiger partial charge < -0.3 is 4.90 Å². The summed E-state index contributed by atoms with van der Waals surface area (Å²) >= 11 is 0. The molecule has 0 fully saturated rings. The van der Waals surface area contributed by atoms with Gasteiger partial charge in [-0.3, -0.25) is 0 Å². The number of hydrogen-bond acceptors (Lipinski definition) is 2. The molecular formula is C9H11F3N2. The molecule has 0 aliphatic carbocycles. The normalized spacial score (nSPS) is 11.6. The van der Waals surface area contributed by atoms with Crippen molar-refractivity contribution in [1.82, 2.24) is 4.98 Å². The number of nitrogens with zero attached hydrogens (tertiary/aromatic N) is 2. The van der Waals surface area contributed by atoms with Crippen LogP contribution in [-0.2, 0) is 6.18 Å². The van der Waals surface area contributed by atoms with Gasteiger partial charge in [0.05, 0.1) is 0 Å². The average molecular weight is 204 g/mol. The molecule has 5 heteroatoms. The minimum atomic E-state index is -4.38. The smallest absolute Gasteiger partial charge is 0.363 e. The van der Waals surface area contributed by atoms with Gasteiger partial charge in [-0.15, -0.1) is 0 Å². The van der Waals surface area contributed by atoms with Crippen LogP contribution in [0.25, 0.3) is 0 Å². The van der Waals surface area contributed by atoms with Crippen molar-refractivity contribution in [3.63, 3.8) is 0 Å². The van der Waals surface area contributed by atoms with Crippen molar-refractivity contribution in [3.05, 3.63) is 23.4 Å². The number of pyridine rings is 1. The summed E-state index contributed by atoms with van der Waals surface area (Å²) in [7, 11) is 3.30. The van der Waals surface area contributed by atoms with Crippen molar-refractivity contribution < 1.29 is 13.2 Å². The van der Waals surface area contributed by atoms with Crippen LogP contribution < -0.4 is 4.90 Å². The molecule has 1 aromatic rings. The van der Waals surface area contributed by atoms with Crippen molar-refractivity contribution in [2.75, 3.05) is 19.0 Å². The van der Waals surface area contributed by atoms with E-state index in [2.05, 4.69) is 4.98 Å². The topological polar surface area (TPSA) is 16.1 Å². The lowest BCUT2D eigenvalue weighted by molar-refractivity contribution is -0.141. The molecule has 0 N–H and O–H groups in total. The Kier molecular flexibility index (Phi) is 2.69. The van der Waals surface area contributed by atoms with E-state index in [9.17, 15) is 13.2 Å². The van der Waals surface area contributed by atoms with Crippen LogP contribution in [0.15, 0.2) is 12.1 Å². The van der Waals surface area contributed by atoms with Crippen molar-refractivity contribution >= 4 is 5.82 Å². The highest BCUT2D eigenvalue weighted by Gasteiger charge is 2.34. The first-order chi connectivity index (χ1) is 6.32. The van der Waals surface area contributed by atoms with Gasteiger partial charge >= 0.3 is 6.18 Å². The van der Waals surface area contributed by atoms with Gasteiger partial charge in [-0.2, -0.15) is 13.2 Å². The second-order valence-corrected chi connectivity index (χ2v) is 3.23. The minimum Gasteiger partial charge on any atom is -0.363 e. The molecule has 0 saturated heterocycles.